The van der Waals surface area contributed by atoms with E-state index in [0.29, 0.717) is 34.2 Å². The Labute approximate surface area is 153 Å². The number of para-hydroxylation sites is 1. The van der Waals surface area contributed by atoms with Crippen LogP contribution >= 0.6 is 11.6 Å². The van der Waals surface area contributed by atoms with Gasteiger partial charge in [-0.05, 0) is 43.0 Å². The van der Waals surface area contributed by atoms with E-state index in [0.717, 1.165) is 35.8 Å². The standard InChI is InChI=1S/C20H15ClFNO3/c21-15-8-13-11-4-3-5-12(11)20(24)26-18(13)14-9-23(10-25-19(14)15)17-7-2-1-6-16(17)22/h1-2,6-8H,3-5,9-10H2. The van der Waals surface area contributed by atoms with E-state index in [-0.39, 0.29) is 18.2 Å². The minimum Gasteiger partial charge on any atom is -0.471 e. The van der Waals surface area contributed by atoms with E-state index in [1.54, 1.807) is 23.1 Å². The van der Waals surface area contributed by atoms with Crippen molar-refractivity contribution in [2.45, 2.75) is 25.8 Å². The van der Waals surface area contributed by atoms with E-state index < -0.39 is 0 Å². The maximum Gasteiger partial charge on any atom is 0.339 e. The molecule has 0 amide bonds. The van der Waals surface area contributed by atoms with Crippen LogP contribution in [0.25, 0.3) is 11.0 Å². The largest absolute Gasteiger partial charge is 0.471 e. The number of ether oxygens (including phenoxy) is 1. The Hall–Kier alpha value is -2.53. The summed E-state index contributed by atoms with van der Waals surface area (Å²) in [5.74, 6) is 0.182. The van der Waals surface area contributed by atoms with Crippen molar-refractivity contribution in [3.63, 3.8) is 0 Å². The monoisotopic (exact) mass is 371 g/mol. The number of hydrogen-bond acceptors (Lipinski definition) is 4. The van der Waals surface area contributed by atoms with Crippen molar-refractivity contribution in [3.8, 4) is 5.75 Å². The topological polar surface area (TPSA) is 42.7 Å². The molecule has 5 rings (SSSR count). The lowest BCUT2D eigenvalue weighted by Gasteiger charge is -2.31. The lowest BCUT2D eigenvalue weighted by atomic mass is 10.0. The van der Waals surface area contributed by atoms with E-state index in [1.807, 2.05) is 6.07 Å². The molecule has 0 saturated carbocycles. The van der Waals surface area contributed by atoms with E-state index in [4.69, 9.17) is 20.8 Å². The summed E-state index contributed by atoms with van der Waals surface area (Å²) in [6, 6.07) is 8.35. The summed E-state index contributed by atoms with van der Waals surface area (Å²) >= 11 is 6.45. The Bertz CT molecular complexity index is 1110. The Morgan fingerprint density at radius 2 is 1.92 bits per heavy atom. The number of aryl methyl sites for hydroxylation is 1. The van der Waals surface area contributed by atoms with Crippen LogP contribution in [0.15, 0.2) is 39.5 Å². The predicted octanol–water partition coefficient (Wildman–Crippen LogP) is 4.43. The highest BCUT2D eigenvalue weighted by atomic mass is 35.5. The number of nitrogens with zero attached hydrogens (tertiary/aromatic N) is 1. The maximum absolute atomic E-state index is 14.2. The lowest BCUT2D eigenvalue weighted by Crippen LogP contribution is -2.33. The molecule has 0 unspecified atom stereocenters. The zero-order chi connectivity index (χ0) is 17.8. The van der Waals surface area contributed by atoms with Crippen LogP contribution in [0.4, 0.5) is 10.1 Å². The normalized spacial score (nSPS) is 15.7. The third-order valence-corrected chi connectivity index (χ3v) is 5.45. The van der Waals surface area contributed by atoms with E-state index in [9.17, 15) is 9.18 Å². The highest BCUT2D eigenvalue weighted by Gasteiger charge is 2.28. The molecule has 0 N–H and O–H groups in total. The van der Waals surface area contributed by atoms with Gasteiger partial charge in [0.1, 0.15) is 17.1 Å². The predicted molar refractivity (Wildman–Crippen MR) is 97.6 cm³/mol. The first-order valence-corrected chi connectivity index (χ1v) is 8.93. The van der Waals surface area contributed by atoms with Gasteiger partial charge in [0, 0.05) is 10.9 Å². The summed E-state index contributed by atoms with van der Waals surface area (Å²) in [6.07, 6.45) is 2.51. The molecule has 1 aromatic heterocycles. The maximum atomic E-state index is 14.2. The average molecular weight is 372 g/mol. The molecule has 3 aromatic rings. The van der Waals surface area contributed by atoms with Crippen LogP contribution in [-0.4, -0.2) is 6.73 Å². The second kappa shape index (κ2) is 5.74. The molecule has 1 aliphatic carbocycles. The first-order chi connectivity index (χ1) is 12.6. The molecule has 0 saturated heterocycles. The third-order valence-electron chi connectivity index (χ3n) is 5.17. The Kier molecular flexibility index (Phi) is 3.47. The minimum absolute atomic E-state index is 0.175. The van der Waals surface area contributed by atoms with Crippen LogP contribution in [0.5, 0.6) is 5.75 Å². The molecule has 26 heavy (non-hydrogen) atoms. The van der Waals surface area contributed by atoms with Gasteiger partial charge in [0.15, 0.2) is 6.73 Å². The van der Waals surface area contributed by atoms with Crippen molar-refractivity contribution >= 4 is 28.3 Å². The second-order valence-corrected chi connectivity index (χ2v) is 7.07. The Balaban J connectivity index is 1.72. The van der Waals surface area contributed by atoms with Crippen LogP contribution in [0, 0.1) is 5.82 Å². The number of hydrogen-bond donors (Lipinski definition) is 0. The molecule has 2 aliphatic rings. The van der Waals surface area contributed by atoms with Crippen molar-refractivity contribution in [2.24, 2.45) is 0 Å². The van der Waals surface area contributed by atoms with Crippen LogP contribution in [-0.2, 0) is 19.4 Å². The van der Waals surface area contributed by atoms with Crippen LogP contribution in [0.2, 0.25) is 5.02 Å². The van der Waals surface area contributed by atoms with Gasteiger partial charge in [-0.25, -0.2) is 9.18 Å². The van der Waals surface area contributed by atoms with Crippen molar-refractivity contribution in [1.82, 2.24) is 0 Å². The SMILES string of the molecule is O=c1oc2c3c(c(Cl)cc2c2c1CCC2)OCN(c1ccccc1F)C3. The molecule has 4 nitrogen and oxygen atoms in total. The second-order valence-electron chi connectivity index (χ2n) is 6.67. The highest BCUT2D eigenvalue weighted by Crippen LogP contribution is 2.42. The number of rotatable bonds is 1. The van der Waals surface area contributed by atoms with Gasteiger partial charge in [-0.2, -0.15) is 0 Å². The summed E-state index contributed by atoms with van der Waals surface area (Å²) in [4.78, 5) is 14.2. The third kappa shape index (κ3) is 2.23. The number of fused-ring (bicyclic) bond motifs is 5. The number of halogens is 2. The fourth-order valence-electron chi connectivity index (χ4n) is 3.97. The molecule has 132 valence electrons. The quantitative estimate of drug-likeness (QED) is 0.593. The molecule has 0 bridgehead atoms. The first-order valence-electron chi connectivity index (χ1n) is 8.55. The van der Waals surface area contributed by atoms with Gasteiger partial charge in [0.2, 0.25) is 0 Å². The summed E-state index contributed by atoms with van der Waals surface area (Å²) in [6.45, 7) is 0.531. The van der Waals surface area contributed by atoms with E-state index in [1.165, 1.54) is 6.07 Å². The zero-order valence-electron chi connectivity index (χ0n) is 13.9. The minimum atomic E-state index is -0.326. The van der Waals surface area contributed by atoms with Crippen LogP contribution in [0.3, 0.4) is 0 Å². The molecule has 6 heteroatoms. The van der Waals surface area contributed by atoms with E-state index in [2.05, 4.69) is 0 Å². The van der Waals surface area contributed by atoms with Gasteiger partial charge in [-0.15, -0.1) is 0 Å². The van der Waals surface area contributed by atoms with Gasteiger partial charge >= 0.3 is 5.63 Å². The molecule has 2 aromatic carbocycles. The summed E-state index contributed by atoms with van der Waals surface area (Å²) in [7, 11) is 0. The summed E-state index contributed by atoms with van der Waals surface area (Å²) in [5, 5.41) is 1.35. The van der Waals surface area contributed by atoms with Gasteiger partial charge < -0.3 is 14.1 Å². The van der Waals surface area contributed by atoms with Crippen molar-refractivity contribution in [3.05, 3.63) is 68.3 Å². The van der Waals surface area contributed by atoms with Gasteiger partial charge in [-0.1, -0.05) is 23.7 Å². The molecule has 0 atom stereocenters. The Morgan fingerprint density at radius 1 is 1.12 bits per heavy atom. The number of benzene rings is 2. The first kappa shape index (κ1) is 15.7. The Morgan fingerprint density at radius 3 is 2.77 bits per heavy atom. The molecule has 0 spiro atoms. The van der Waals surface area contributed by atoms with Crippen LogP contribution in [0.1, 0.15) is 23.1 Å². The van der Waals surface area contributed by atoms with Crippen molar-refractivity contribution in [1.29, 1.82) is 0 Å². The molecular weight excluding hydrogens is 357 g/mol. The van der Waals surface area contributed by atoms with Gasteiger partial charge in [0.25, 0.3) is 0 Å². The van der Waals surface area contributed by atoms with Gasteiger partial charge in [0.05, 0.1) is 22.8 Å². The highest BCUT2D eigenvalue weighted by molar-refractivity contribution is 6.33. The molecule has 0 radical (unpaired) electrons. The lowest BCUT2D eigenvalue weighted by molar-refractivity contribution is 0.287. The molecule has 1 aliphatic heterocycles. The molecular formula is C20H15ClFNO3. The van der Waals surface area contributed by atoms with Crippen molar-refractivity contribution in [2.75, 3.05) is 11.6 Å². The summed E-state index contributed by atoms with van der Waals surface area (Å²) < 4.78 is 25.7. The average Bonchev–Trinajstić information content (AvgIpc) is 3.14. The fraction of sp³-hybridized carbons (Fsp3) is 0.250. The number of anilines is 1. The zero-order valence-corrected chi connectivity index (χ0v) is 14.6. The fourth-order valence-corrected chi connectivity index (χ4v) is 4.25. The molecule has 2 heterocycles. The molecule has 0 fully saturated rings. The van der Waals surface area contributed by atoms with E-state index >= 15 is 0 Å². The smallest absolute Gasteiger partial charge is 0.339 e. The van der Waals surface area contributed by atoms with Crippen molar-refractivity contribution < 1.29 is 13.5 Å². The summed E-state index contributed by atoms with van der Waals surface area (Å²) in [5.41, 5.74) is 3.09. The van der Waals surface area contributed by atoms with Crippen LogP contribution < -0.4 is 15.3 Å². The van der Waals surface area contributed by atoms with Gasteiger partial charge in [-0.3, -0.25) is 0 Å².